The highest BCUT2D eigenvalue weighted by molar-refractivity contribution is 5.93. The molecule has 1 aliphatic heterocycles. The van der Waals surface area contributed by atoms with Crippen LogP contribution in [0.5, 0.6) is 5.75 Å². The third kappa shape index (κ3) is 10.5. The van der Waals surface area contributed by atoms with Gasteiger partial charge in [-0.2, -0.15) is 0 Å². The van der Waals surface area contributed by atoms with Crippen LogP contribution >= 0.6 is 0 Å². The van der Waals surface area contributed by atoms with Crippen molar-refractivity contribution in [3.63, 3.8) is 0 Å². The van der Waals surface area contributed by atoms with Gasteiger partial charge in [-0.25, -0.2) is 4.79 Å². The minimum atomic E-state index is -1.46. The molecule has 3 aromatic carbocycles. The van der Waals surface area contributed by atoms with Crippen molar-refractivity contribution in [1.82, 2.24) is 21.3 Å². The summed E-state index contributed by atoms with van der Waals surface area (Å²) in [5, 5.41) is 21.0. The number of benzene rings is 3. The number of carbonyl (C=O) groups is 4. The topological polar surface area (TPSA) is 155 Å². The number of alkyl carbamates (subject to hydrolysis) is 1. The normalized spacial score (nSPS) is 19.5. The van der Waals surface area contributed by atoms with Crippen molar-refractivity contribution in [2.75, 3.05) is 13.1 Å². The molecule has 5 rings (SSSR count). The summed E-state index contributed by atoms with van der Waals surface area (Å²) in [5.74, 6) is -1.76. The quantitative estimate of drug-likeness (QED) is 0.159. The lowest BCUT2D eigenvalue weighted by atomic mass is 9.63. The van der Waals surface area contributed by atoms with Crippen LogP contribution in [0, 0.1) is 12.3 Å². The predicted octanol–water partition coefficient (Wildman–Crippen LogP) is 4.41. The molecule has 49 heavy (non-hydrogen) atoms. The summed E-state index contributed by atoms with van der Waals surface area (Å²) in [6, 6.07) is 21.9. The van der Waals surface area contributed by atoms with Crippen LogP contribution in [-0.4, -0.2) is 60.3 Å². The molecule has 0 bridgehead atoms. The molecule has 5 N–H and O–H groups in total. The van der Waals surface area contributed by atoms with E-state index >= 15 is 0 Å². The third-order valence-electron chi connectivity index (χ3n) is 9.36. The molecule has 0 unspecified atom stereocenters. The number of nitrogens with one attached hydrogen (secondary N) is 4. The maximum Gasteiger partial charge on any atom is 0.408 e. The Hall–Kier alpha value is -4.90. The monoisotopic (exact) mass is 670 g/mol. The lowest BCUT2D eigenvalue weighted by molar-refractivity contribution is -0.140. The standard InChI is InChI=1S/C38H46N4O7/c1-26-13-15-30(49-31-21-38(22-31)17-8-18-39-25-38)19-29(26)23-40-35(45)32(16-14-27-9-4-2-5-10-27)41-36(46)33(20-34(43)44)42-37(47)48-24-28-11-6-3-7-12-28/h2-7,9-13,15,19,31-33,39H,8,14,16-18,20-25H2,1H3,(H,40,45)(H,41,46)(H,42,47)(H,43,44)/t31?,32-,33-,38?/m0/s1. The van der Waals surface area contributed by atoms with Crippen LogP contribution in [0.3, 0.4) is 0 Å². The number of aryl methyl sites for hydroxylation is 2. The first-order valence-corrected chi connectivity index (χ1v) is 17.0. The molecule has 0 aromatic heterocycles. The first kappa shape index (κ1) is 35.4. The first-order valence-electron chi connectivity index (χ1n) is 17.0. The van der Waals surface area contributed by atoms with Crippen molar-refractivity contribution in [1.29, 1.82) is 0 Å². The van der Waals surface area contributed by atoms with Crippen molar-refractivity contribution < 1.29 is 33.8 Å². The Morgan fingerprint density at radius 1 is 0.918 bits per heavy atom. The number of carboxylic acid groups (broad SMARTS) is 1. The van der Waals surface area contributed by atoms with Gasteiger partial charge in [0.2, 0.25) is 11.8 Å². The minimum absolute atomic E-state index is 0.0548. The fraction of sp³-hybridized carbons (Fsp3) is 0.421. The van der Waals surface area contributed by atoms with Gasteiger partial charge in [-0.3, -0.25) is 14.4 Å². The largest absolute Gasteiger partial charge is 0.490 e. The van der Waals surface area contributed by atoms with Crippen LogP contribution in [-0.2, 0) is 38.7 Å². The van der Waals surface area contributed by atoms with E-state index < -0.39 is 42.4 Å². The molecule has 0 radical (unpaired) electrons. The van der Waals surface area contributed by atoms with Crippen molar-refractivity contribution in [3.05, 3.63) is 101 Å². The molecular formula is C38H46N4O7. The molecule has 3 amide bonds. The van der Waals surface area contributed by atoms with E-state index in [9.17, 15) is 24.3 Å². The van der Waals surface area contributed by atoms with Crippen LogP contribution in [0.2, 0.25) is 0 Å². The second-order valence-electron chi connectivity index (χ2n) is 13.2. The van der Waals surface area contributed by atoms with Gasteiger partial charge in [-0.1, -0.05) is 66.7 Å². The fourth-order valence-electron chi connectivity index (χ4n) is 6.57. The Balaban J connectivity index is 1.20. The van der Waals surface area contributed by atoms with Gasteiger partial charge < -0.3 is 35.8 Å². The van der Waals surface area contributed by atoms with Crippen molar-refractivity contribution >= 4 is 23.9 Å². The van der Waals surface area contributed by atoms with Gasteiger partial charge in [-0.05, 0) is 91.8 Å². The summed E-state index contributed by atoms with van der Waals surface area (Å²) >= 11 is 0. The number of hydrogen-bond acceptors (Lipinski definition) is 7. The van der Waals surface area contributed by atoms with E-state index in [0.717, 1.165) is 53.9 Å². The summed E-state index contributed by atoms with van der Waals surface area (Å²) < 4.78 is 11.5. The molecule has 3 aromatic rings. The zero-order chi connectivity index (χ0) is 34.6. The zero-order valence-electron chi connectivity index (χ0n) is 27.9. The highest BCUT2D eigenvalue weighted by Gasteiger charge is 2.46. The van der Waals surface area contributed by atoms with Gasteiger partial charge in [-0.15, -0.1) is 0 Å². The molecule has 11 heteroatoms. The summed E-state index contributed by atoms with van der Waals surface area (Å²) in [4.78, 5) is 51.2. The number of ether oxygens (including phenoxy) is 2. The molecular weight excluding hydrogens is 624 g/mol. The van der Waals surface area contributed by atoms with Crippen molar-refractivity contribution in [3.8, 4) is 5.75 Å². The van der Waals surface area contributed by atoms with E-state index in [2.05, 4.69) is 21.3 Å². The maximum atomic E-state index is 13.6. The minimum Gasteiger partial charge on any atom is -0.490 e. The Morgan fingerprint density at radius 3 is 2.31 bits per heavy atom. The van der Waals surface area contributed by atoms with Crippen LogP contribution in [0.1, 0.15) is 60.8 Å². The van der Waals surface area contributed by atoms with E-state index in [1.165, 1.54) is 12.8 Å². The number of amides is 3. The van der Waals surface area contributed by atoms with Crippen molar-refractivity contribution in [2.24, 2.45) is 5.41 Å². The number of hydrogen-bond donors (Lipinski definition) is 5. The van der Waals surface area contributed by atoms with E-state index in [1.807, 2.05) is 61.5 Å². The molecule has 1 aliphatic carbocycles. The van der Waals surface area contributed by atoms with Crippen molar-refractivity contribution in [2.45, 2.75) is 83.2 Å². The summed E-state index contributed by atoms with van der Waals surface area (Å²) in [6.07, 6.45) is 3.77. The van der Waals surface area contributed by atoms with Gasteiger partial charge >= 0.3 is 12.1 Å². The van der Waals surface area contributed by atoms with Gasteiger partial charge in [0.05, 0.1) is 12.5 Å². The molecule has 2 aliphatic rings. The van der Waals surface area contributed by atoms with E-state index in [0.29, 0.717) is 11.8 Å². The lowest BCUT2D eigenvalue weighted by Gasteiger charge is -2.49. The Kier molecular flexibility index (Phi) is 12.3. The van der Waals surface area contributed by atoms with Gasteiger partial charge in [0, 0.05) is 13.1 Å². The van der Waals surface area contributed by atoms with E-state index in [-0.39, 0.29) is 25.7 Å². The number of carbonyl (C=O) groups excluding carboxylic acids is 3. The smallest absolute Gasteiger partial charge is 0.408 e. The molecule has 2 atom stereocenters. The molecule has 1 heterocycles. The average Bonchev–Trinajstić information content (AvgIpc) is 3.09. The number of carboxylic acids is 1. The molecule has 11 nitrogen and oxygen atoms in total. The second-order valence-corrected chi connectivity index (χ2v) is 13.2. The molecule has 2 fully saturated rings. The van der Waals surface area contributed by atoms with Gasteiger partial charge in [0.25, 0.3) is 0 Å². The molecule has 1 spiro atoms. The average molecular weight is 671 g/mol. The number of rotatable bonds is 15. The van der Waals surface area contributed by atoms with Crippen LogP contribution in [0.25, 0.3) is 0 Å². The predicted molar refractivity (Wildman–Crippen MR) is 184 cm³/mol. The summed E-state index contributed by atoms with van der Waals surface area (Å²) in [6.45, 7) is 4.25. The number of aliphatic carboxylic acids is 1. The Morgan fingerprint density at radius 2 is 1.63 bits per heavy atom. The Labute approximate surface area is 287 Å². The second kappa shape index (κ2) is 17.0. The Bertz CT molecular complexity index is 1570. The zero-order valence-corrected chi connectivity index (χ0v) is 27.9. The lowest BCUT2D eigenvalue weighted by Crippen LogP contribution is -2.54. The highest BCUT2D eigenvalue weighted by Crippen LogP contribution is 2.47. The van der Waals surface area contributed by atoms with Crippen LogP contribution in [0.4, 0.5) is 4.79 Å². The maximum absolute atomic E-state index is 13.6. The van der Waals surface area contributed by atoms with E-state index in [4.69, 9.17) is 9.47 Å². The highest BCUT2D eigenvalue weighted by atomic mass is 16.5. The molecule has 1 saturated carbocycles. The number of piperidine rings is 1. The van der Waals surface area contributed by atoms with E-state index in [1.54, 1.807) is 24.3 Å². The first-order chi connectivity index (χ1) is 23.7. The van der Waals surface area contributed by atoms with Crippen LogP contribution in [0.15, 0.2) is 78.9 Å². The summed E-state index contributed by atoms with van der Waals surface area (Å²) in [5.41, 5.74) is 3.93. The van der Waals surface area contributed by atoms with Gasteiger partial charge in [0.1, 0.15) is 24.4 Å². The van der Waals surface area contributed by atoms with Crippen LogP contribution < -0.4 is 26.0 Å². The fourth-order valence-corrected chi connectivity index (χ4v) is 6.57. The summed E-state index contributed by atoms with van der Waals surface area (Å²) in [7, 11) is 0. The van der Waals surface area contributed by atoms with Gasteiger partial charge in [0.15, 0.2) is 0 Å². The SMILES string of the molecule is Cc1ccc(OC2CC3(CCCNC3)C2)cc1CNC(=O)[C@H](CCc1ccccc1)NC(=O)[C@H](CC(=O)O)NC(=O)OCc1ccccc1. The molecule has 260 valence electrons. The third-order valence-corrected chi connectivity index (χ3v) is 9.36. The molecule has 1 saturated heterocycles.